The number of likely N-dealkylation sites (tertiary alicyclic amines) is 1. The van der Waals surface area contributed by atoms with E-state index in [-0.39, 0.29) is 17.6 Å². The molecule has 0 radical (unpaired) electrons. The Hall–Kier alpha value is -4.10. The van der Waals surface area contributed by atoms with Crippen molar-refractivity contribution in [3.05, 3.63) is 99.8 Å². The molecule has 10 heteroatoms. The Morgan fingerprint density at radius 2 is 1.72 bits per heavy atom. The van der Waals surface area contributed by atoms with Crippen LogP contribution in [-0.2, 0) is 17.8 Å². The molecule has 0 aliphatic carbocycles. The number of piperidine rings is 1. The van der Waals surface area contributed by atoms with Crippen LogP contribution in [0.2, 0.25) is 5.02 Å². The Balaban J connectivity index is 1.14. The summed E-state index contributed by atoms with van der Waals surface area (Å²) < 4.78 is 20.2. The molecule has 0 unspecified atom stereocenters. The van der Waals surface area contributed by atoms with E-state index in [4.69, 9.17) is 16.3 Å². The number of halogens is 2. The van der Waals surface area contributed by atoms with Crippen LogP contribution in [0, 0.1) is 23.6 Å². The normalized spacial score (nSPS) is 16.6. The van der Waals surface area contributed by atoms with Gasteiger partial charge >= 0.3 is 6.09 Å². The number of rotatable bonds is 10. The highest BCUT2D eigenvalue weighted by Gasteiger charge is 2.36. The zero-order chi connectivity index (χ0) is 33.2. The van der Waals surface area contributed by atoms with Gasteiger partial charge in [0.2, 0.25) is 5.91 Å². The quantitative estimate of drug-likeness (QED) is 0.279. The molecule has 1 atom stereocenters. The van der Waals surface area contributed by atoms with Crippen molar-refractivity contribution in [1.29, 1.82) is 0 Å². The predicted octanol–water partition coefficient (Wildman–Crippen LogP) is 5.51. The number of hydrogen-bond acceptors (Lipinski definition) is 5. The molecule has 2 saturated heterocycles. The first-order chi connectivity index (χ1) is 22.8. The molecule has 2 fully saturated rings. The van der Waals surface area contributed by atoms with Crippen molar-refractivity contribution in [2.45, 2.75) is 38.8 Å². The van der Waals surface area contributed by atoms with Crippen molar-refractivity contribution in [2.75, 3.05) is 52.4 Å². The van der Waals surface area contributed by atoms with Gasteiger partial charge in [-0.3, -0.25) is 9.69 Å². The fourth-order valence-corrected chi connectivity index (χ4v) is 6.58. The molecule has 248 valence electrons. The van der Waals surface area contributed by atoms with E-state index < -0.39 is 12.1 Å². The molecule has 0 saturated carbocycles. The Kier molecular flexibility index (Phi) is 12.1. The van der Waals surface area contributed by atoms with E-state index in [2.05, 4.69) is 27.0 Å². The molecule has 8 nitrogen and oxygen atoms in total. The summed E-state index contributed by atoms with van der Waals surface area (Å²) in [6.45, 7) is 7.05. The van der Waals surface area contributed by atoms with Crippen LogP contribution in [0.4, 0.5) is 9.18 Å². The molecule has 2 aliphatic heterocycles. The van der Waals surface area contributed by atoms with Crippen LogP contribution < -0.4 is 10.1 Å². The highest BCUT2D eigenvalue weighted by molar-refractivity contribution is 6.30. The van der Waals surface area contributed by atoms with Gasteiger partial charge in [0.15, 0.2) is 0 Å². The minimum Gasteiger partial charge on any atom is -0.493 e. The third-order valence-electron chi connectivity index (χ3n) is 8.97. The minimum atomic E-state index is -1.20. The zero-order valence-electron chi connectivity index (χ0n) is 26.8. The summed E-state index contributed by atoms with van der Waals surface area (Å²) >= 11 is 6.34. The number of carbonyl (C=O) groups is 2. The lowest BCUT2D eigenvalue weighted by Crippen LogP contribution is -2.58. The molecule has 3 aromatic carbocycles. The minimum absolute atomic E-state index is 0.0986. The van der Waals surface area contributed by atoms with E-state index in [0.717, 1.165) is 42.7 Å². The lowest BCUT2D eigenvalue weighted by Gasteiger charge is -2.40. The predicted molar refractivity (Wildman–Crippen MR) is 181 cm³/mol. The van der Waals surface area contributed by atoms with Crippen LogP contribution in [0.3, 0.4) is 0 Å². The lowest BCUT2D eigenvalue weighted by atomic mass is 9.88. The van der Waals surface area contributed by atoms with E-state index in [0.29, 0.717) is 68.5 Å². The Labute approximate surface area is 281 Å². The molecule has 5 rings (SSSR count). The summed E-state index contributed by atoms with van der Waals surface area (Å²) in [5, 5.41) is 12.8. The number of ether oxygens (including phenoxy) is 1. The van der Waals surface area contributed by atoms with Crippen LogP contribution >= 0.6 is 11.6 Å². The summed E-state index contributed by atoms with van der Waals surface area (Å²) in [6, 6.07) is 19.7. The van der Waals surface area contributed by atoms with Crippen molar-refractivity contribution >= 4 is 23.6 Å². The highest BCUT2D eigenvalue weighted by atomic mass is 35.5. The highest BCUT2D eigenvalue weighted by Crippen LogP contribution is 2.26. The number of hydrogen-bond donors (Lipinski definition) is 2. The number of carboxylic acid groups (broad SMARTS) is 1. The maximum Gasteiger partial charge on any atom is 0.405 e. The van der Waals surface area contributed by atoms with Gasteiger partial charge in [-0.05, 0) is 93.2 Å². The van der Waals surface area contributed by atoms with Crippen molar-refractivity contribution in [2.24, 2.45) is 5.92 Å². The van der Waals surface area contributed by atoms with E-state index in [9.17, 15) is 19.1 Å². The molecular formula is C37H42ClFN4O4. The summed E-state index contributed by atoms with van der Waals surface area (Å²) in [7, 11) is 0. The van der Waals surface area contributed by atoms with Crippen molar-refractivity contribution in [1.82, 2.24) is 20.0 Å². The van der Waals surface area contributed by atoms with Gasteiger partial charge in [0.1, 0.15) is 17.6 Å². The second-order valence-electron chi connectivity index (χ2n) is 12.0. The van der Waals surface area contributed by atoms with Crippen LogP contribution in [0.5, 0.6) is 5.75 Å². The average molecular weight is 661 g/mol. The van der Waals surface area contributed by atoms with Gasteiger partial charge in [-0.1, -0.05) is 47.7 Å². The van der Waals surface area contributed by atoms with Crippen molar-refractivity contribution in [3.63, 3.8) is 0 Å². The molecule has 0 spiro atoms. The van der Waals surface area contributed by atoms with E-state index in [1.807, 2.05) is 55.5 Å². The first-order valence-corrected chi connectivity index (χ1v) is 16.7. The second kappa shape index (κ2) is 16.6. The smallest absolute Gasteiger partial charge is 0.405 e. The average Bonchev–Trinajstić information content (AvgIpc) is 3.08. The van der Waals surface area contributed by atoms with E-state index in [1.165, 1.54) is 6.07 Å². The fourth-order valence-electron chi connectivity index (χ4n) is 6.38. The van der Waals surface area contributed by atoms with Gasteiger partial charge in [-0.25, -0.2) is 9.18 Å². The molecule has 2 aliphatic rings. The maximum absolute atomic E-state index is 14.6. The zero-order valence-corrected chi connectivity index (χ0v) is 27.5. The molecule has 2 amide bonds. The largest absolute Gasteiger partial charge is 0.493 e. The van der Waals surface area contributed by atoms with Gasteiger partial charge in [-0.2, -0.15) is 0 Å². The third kappa shape index (κ3) is 9.48. The van der Waals surface area contributed by atoms with E-state index in [1.54, 1.807) is 17.0 Å². The van der Waals surface area contributed by atoms with Gasteiger partial charge in [0.25, 0.3) is 0 Å². The standard InChI is InChI=1S/C37H42ClFN4O4/c1-2-47-34-10-6-9-33(39)32(34)26-42-21-23-43(24-22-42)36(44)35(40-37(45)46)29-15-18-41(19-16-29)20-17-30-25-31(38)14-13-28(30)12-11-27-7-4-3-5-8-27/h3-10,13-14,25,29,35,40H,2,15-24,26H2,1H3,(H,45,46)/t35-/m1/s1. The van der Waals surface area contributed by atoms with Crippen molar-refractivity contribution < 1.29 is 23.8 Å². The topological polar surface area (TPSA) is 85.3 Å². The SMILES string of the molecule is CCOc1cccc(F)c1CN1CCN(C(=O)[C@H](NC(=O)O)C2CCN(CCc3cc(Cl)ccc3C#Cc3ccccc3)CC2)CC1. The molecule has 2 heterocycles. The fraction of sp³-hybridized carbons (Fsp3) is 0.405. The third-order valence-corrected chi connectivity index (χ3v) is 9.21. The number of nitrogens with zero attached hydrogens (tertiary/aromatic N) is 3. The monoisotopic (exact) mass is 660 g/mol. The molecule has 2 N–H and O–H groups in total. The lowest BCUT2D eigenvalue weighted by molar-refractivity contribution is -0.137. The molecule has 0 bridgehead atoms. The number of benzene rings is 3. The summed E-state index contributed by atoms with van der Waals surface area (Å²) in [5.74, 6) is 6.47. The maximum atomic E-state index is 14.6. The molecular weight excluding hydrogens is 619 g/mol. The number of nitrogens with one attached hydrogen (secondary N) is 1. The van der Waals surface area contributed by atoms with Crippen molar-refractivity contribution in [3.8, 4) is 17.6 Å². The molecule has 0 aromatic heterocycles. The first-order valence-electron chi connectivity index (χ1n) is 16.3. The van der Waals surface area contributed by atoms with Gasteiger partial charge in [0.05, 0.1) is 6.61 Å². The number of carbonyl (C=O) groups excluding carboxylic acids is 1. The second-order valence-corrected chi connectivity index (χ2v) is 12.5. The van der Waals surface area contributed by atoms with Crippen LogP contribution in [0.15, 0.2) is 66.7 Å². The Morgan fingerprint density at radius 1 is 0.979 bits per heavy atom. The van der Waals surface area contributed by atoms with Crippen LogP contribution in [0.1, 0.15) is 42.0 Å². The summed E-state index contributed by atoms with van der Waals surface area (Å²) in [6.07, 6.45) is 1.00. The number of amides is 2. The Bertz CT molecular complexity index is 1580. The number of piperazine rings is 1. The van der Waals surface area contributed by atoms with Gasteiger partial charge < -0.3 is 25.0 Å². The summed E-state index contributed by atoms with van der Waals surface area (Å²) in [5.41, 5.74) is 3.51. The Morgan fingerprint density at radius 3 is 2.43 bits per heavy atom. The van der Waals surface area contributed by atoms with Gasteiger partial charge in [0, 0.05) is 61.0 Å². The molecule has 3 aromatic rings. The van der Waals surface area contributed by atoms with Crippen LogP contribution in [-0.4, -0.2) is 90.3 Å². The molecule has 47 heavy (non-hydrogen) atoms. The summed E-state index contributed by atoms with van der Waals surface area (Å²) in [4.78, 5) is 31.6. The van der Waals surface area contributed by atoms with Crippen LogP contribution in [0.25, 0.3) is 0 Å². The first kappa shape index (κ1) is 34.2. The van der Waals surface area contributed by atoms with Gasteiger partial charge in [-0.15, -0.1) is 0 Å². The van der Waals surface area contributed by atoms with E-state index >= 15 is 0 Å².